The van der Waals surface area contributed by atoms with Gasteiger partial charge in [0.2, 0.25) is 6.79 Å². The molecule has 0 saturated carbocycles. The van der Waals surface area contributed by atoms with Crippen LogP contribution in [0.3, 0.4) is 0 Å². The lowest BCUT2D eigenvalue weighted by Gasteiger charge is -2.19. The Labute approximate surface area is 186 Å². The molecule has 1 aromatic carbocycles. The first-order valence-corrected chi connectivity index (χ1v) is 10.4. The average Bonchev–Trinajstić information content (AvgIpc) is 2.71. The first kappa shape index (κ1) is 24.8. The molecule has 1 heterocycles. The van der Waals surface area contributed by atoms with Crippen LogP contribution < -0.4 is 10.1 Å². The van der Waals surface area contributed by atoms with Gasteiger partial charge in [0.25, 0.3) is 5.69 Å². The van der Waals surface area contributed by atoms with Crippen LogP contribution in [0.1, 0.15) is 52.9 Å². The molecule has 0 spiro atoms. The van der Waals surface area contributed by atoms with E-state index < -0.39 is 22.6 Å². The summed E-state index contributed by atoms with van der Waals surface area (Å²) in [7, 11) is 0. The van der Waals surface area contributed by atoms with E-state index >= 15 is 0 Å². The van der Waals surface area contributed by atoms with E-state index in [1.54, 1.807) is 12.1 Å². The summed E-state index contributed by atoms with van der Waals surface area (Å²) < 4.78 is 15.7. The van der Waals surface area contributed by atoms with Gasteiger partial charge in [-0.15, -0.1) is 0 Å². The first-order chi connectivity index (χ1) is 15.2. The highest BCUT2D eigenvalue weighted by Gasteiger charge is 2.16. The van der Waals surface area contributed by atoms with E-state index in [-0.39, 0.29) is 18.9 Å². The van der Waals surface area contributed by atoms with Crippen molar-refractivity contribution in [2.24, 2.45) is 0 Å². The van der Waals surface area contributed by atoms with E-state index in [1.807, 2.05) is 20.8 Å². The third-order valence-corrected chi connectivity index (χ3v) is 4.32. The number of ether oxygens (including phenoxy) is 3. The van der Waals surface area contributed by atoms with Gasteiger partial charge in [-0.25, -0.2) is 4.79 Å². The molecule has 2 aromatic rings. The Morgan fingerprint density at radius 1 is 1.12 bits per heavy atom. The Bertz CT molecular complexity index is 941. The van der Waals surface area contributed by atoms with E-state index in [0.717, 1.165) is 19.3 Å². The van der Waals surface area contributed by atoms with E-state index in [9.17, 15) is 19.7 Å². The number of alkyl carbamates (subject to hydrolysis) is 1. The van der Waals surface area contributed by atoms with Crippen LogP contribution in [-0.4, -0.2) is 40.9 Å². The number of fused-ring (bicyclic) bond motifs is 1. The van der Waals surface area contributed by atoms with E-state index in [0.29, 0.717) is 29.6 Å². The Hall–Kier alpha value is -3.43. The van der Waals surface area contributed by atoms with Gasteiger partial charge in [0.1, 0.15) is 16.9 Å². The first-order valence-electron chi connectivity index (χ1n) is 10.4. The summed E-state index contributed by atoms with van der Waals surface area (Å²) in [5, 5.41) is 14.2. The number of hydrogen-bond acceptors (Lipinski definition) is 8. The van der Waals surface area contributed by atoms with Gasteiger partial charge in [0, 0.05) is 25.2 Å². The molecule has 0 fully saturated rings. The average molecular weight is 447 g/mol. The SMILES string of the molecule is CC(C)(C)OC(=O)NCCCCCCC(=O)OCOc1ccc([N+](=O)[O-])c2cccnc12. The maximum absolute atomic E-state index is 11.9. The molecule has 2 rings (SSSR count). The second-order valence-corrected chi connectivity index (χ2v) is 8.11. The molecule has 174 valence electrons. The van der Waals surface area contributed by atoms with Gasteiger partial charge in [-0.05, 0) is 51.8 Å². The fourth-order valence-corrected chi connectivity index (χ4v) is 2.89. The van der Waals surface area contributed by atoms with Crippen LogP contribution in [0.25, 0.3) is 10.9 Å². The fourth-order valence-electron chi connectivity index (χ4n) is 2.89. The van der Waals surface area contributed by atoms with Crippen molar-refractivity contribution in [3.63, 3.8) is 0 Å². The van der Waals surface area contributed by atoms with Crippen LogP contribution in [0.5, 0.6) is 5.75 Å². The Morgan fingerprint density at radius 3 is 2.59 bits per heavy atom. The number of aromatic nitrogens is 1. The van der Waals surface area contributed by atoms with Gasteiger partial charge in [-0.3, -0.25) is 19.9 Å². The third-order valence-electron chi connectivity index (χ3n) is 4.32. The van der Waals surface area contributed by atoms with Gasteiger partial charge in [-0.1, -0.05) is 12.8 Å². The topological polar surface area (TPSA) is 130 Å². The molecule has 0 saturated heterocycles. The molecule has 0 aliphatic heterocycles. The molecule has 0 unspecified atom stereocenters. The predicted molar refractivity (Wildman–Crippen MR) is 117 cm³/mol. The van der Waals surface area contributed by atoms with E-state index in [1.165, 1.54) is 18.3 Å². The largest absolute Gasteiger partial charge is 0.455 e. The van der Waals surface area contributed by atoms with Gasteiger partial charge in [0.15, 0.2) is 0 Å². The highest BCUT2D eigenvalue weighted by atomic mass is 16.7. The number of non-ortho nitro benzene ring substituents is 1. The summed E-state index contributed by atoms with van der Waals surface area (Å²) in [6, 6.07) is 5.96. The lowest BCUT2D eigenvalue weighted by Crippen LogP contribution is -2.32. The van der Waals surface area contributed by atoms with Gasteiger partial charge in [0.05, 0.1) is 10.3 Å². The number of unbranched alkanes of at least 4 members (excludes halogenated alkanes) is 3. The molecule has 10 heteroatoms. The van der Waals surface area contributed by atoms with E-state index in [2.05, 4.69) is 10.3 Å². The van der Waals surface area contributed by atoms with Gasteiger partial charge < -0.3 is 19.5 Å². The monoisotopic (exact) mass is 447 g/mol. The number of esters is 1. The van der Waals surface area contributed by atoms with Crippen LogP contribution in [-0.2, 0) is 14.3 Å². The van der Waals surface area contributed by atoms with Gasteiger partial charge >= 0.3 is 12.1 Å². The van der Waals surface area contributed by atoms with Crippen molar-refractivity contribution in [3.05, 3.63) is 40.6 Å². The molecular formula is C22H29N3O7. The minimum absolute atomic E-state index is 0.0706. The van der Waals surface area contributed by atoms with Crippen LogP contribution in [0.15, 0.2) is 30.5 Å². The fraction of sp³-hybridized carbons (Fsp3) is 0.500. The van der Waals surface area contributed by atoms with Crippen molar-refractivity contribution >= 4 is 28.7 Å². The third kappa shape index (κ3) is 8.37. The highest BCUT2D eigenvalue weighted by Crippen LogP contribution is 2.31. The molecule has 0 aliphatic rings. The predicted octanol–water partition coefficient (Wildman–Crippen LogP) is 4.50. The number of carbonyl (C=O) groups excluding carboxylic acids is 2. The molecule has 0 bridgehead atoms. The number of pyridine rings is 1. The van der Waals surface area contributed by atoms with Crippen molar-refractivity contribution in [1.82, 2.24) is 10.3 Å². The zero-order chi connectivity index (χ0) is 23.6. The number of benzene rings is 1. The molecule has 1 amide bonds. The number of amides is 1. The van der Waals surface area contributed by atoms with E-state index in [4.69, 9.17) is 14.2 Å². The minimum Gasteiger partial charge on any atom is -0.455 e. The second kappa shape index (κ2) is 11.8. The molecule has 10 nitrogen and oxygen atoms in total. The van der Waals surface area contributed by atoms with Crippen molar-refractivity contribution in [2.45, 2.75) is 58.5 Å². The quantitative estimate of drug-likeness (QED) is 0.175. The lowest BCUT2D eigenvalue weighted by atomic mass is 10.1. The number of hydrogen-bond donors (Lipinski definition) is 1. The Morgan fingerprint density at radius 2 is 1.88 bits per heavy atom. The zero-order valence-corrected chi connectivity index (χ0v) is 18.6. The highest BCUT2D eigenvalue weighted by molar-refractivity contribution is 5.92. The van der Waals surface area contributed by atoms with Crippen molar-refractivity contribution in [2.75, 3.05) is 13.3 Å². The molecule has 0 radical (unpaired) electrons. The molecule has 0 aliphatic carbocycles. The van der Waals surface area contributed by atoms with Crippen LogP contribution >= 0.6 is 0 Å². The maximum atomic E-state index is 11.9. The van der Waals surface area contributed by atoms with Gasteiger partial charge in [-0.2, -0.15) is 0 Å². The number of nitro benzene ring substituents is 1. The Kier molecular flexibility index (Phi) is 9.18. The number of nitrogens with zero attached hydrogens (tertiary/aromatic N) is 2. The lowest BCUT2D eigenvalue weighted by molar-refractivity contribution is -0.383. The molecule has 1 N–H and O–H groups in total. The number of nitro groups is 1. The van der Waals surface area contributed by atoms with Crippen molar-refractivity contribution in [3.8, 4) is 5.75 Å². The van der Waals surface area contributed by atoms with Crippen LogP contribution in [0, 0.1) is 10.1 Å². The number of nitrogens with one attached hydrogen (secondary N) is 1. The molecule has 1 aromatic heterocycles. The minimum atomic E-state index is -0.518. The van der Waals surface area contributed by atoms with Crippen molar-refractivity contribution < 1.29 is 28.7 Å². The molecular weight excluding hydrogens is 418 g/mol. The van der Waals surface area contributed by atoms with Crippen molar-refractivity contribution in [1.29, 1.82) is 0 Å². The standard InChI is InChI=1S/C22H29N3O7/c1-22(2,3)32-21(27)24-13-7-5-4-6-10-19(26)31-15-30-18-12-11-17(25(28)29)16-9-8-14-23-20(16)18/h8-9,11-12,14H,4-7,10,13,15H2,1-3H3,(H,24,27). The summed E-state index contributed by atoms with van der Waals surface area (Å²) in [5.74, 6) is -0.0902. The molecule has 32 heavy (non-hydrogen) atoms. The van der Waals surface area contributed by atoms with Crippen LogP contribution in [0.2, 0.25) is 0 Å². The number of carbonyl (C=O) groups is 2. The number of rotatable bonds is 11. The summed E-state index contributed by atoms with van der Waals surface area (Å²) in [6.07, 6.45) is 4.46. The summed E-state index contributed by atoms with van der Waals surface area (Å²) in [6.45, 7) is 5.64. The normalized spacial score (nSPS) is 11.1. The molecule has 0 atom stereocenters. The van der Waals surface area contributed by atoms with Crippen LogP contribution in [0.4, 0.5) is 10.5 Å². The smallest absolute Gasteiger partial charge is 0.407 e. The summed E-state index contributed by atoms with van der Waals surface area (Å²) in [4.78, 5) is 38.2. The summed E-state index contributed by atoms with van der Waals surface area (Å²) in [5.41, 5.74) is -0.257. The maximum Gasteiger partial charge on any atom is 0.407 e. The Balaban J connectivity index is 1.63. The summed E-state index contributed by atoms with van der Waals surface area (Å²) >= 11 is 0. The zero-order valence-electron chi connectivity index (χ0n) is 18.6. The second-order valence-electron chi connectivity index (χ2n) is 8.11.